The first-order valence-electron chi connectivity index (χ1n) is 5.78. The predicted octanol–water partition coefficient (Wildman–Crippen LogP) is 3.59. The molecule has 0 saturated carbocycles. The first kappa shape index (κ1) is 15.9. The number of rotatable bonds is 1. The quantitative estimate of drug-likeness (QED) is 0.653. The Morgan fingerprint density at radius 1 is 1.30 bits per heavy atom. The lowest BCUT2D eigenvalue weighted by molar-refractivity contribution is -0.0442. The Morgan fingerprint density at radius 2 is 1.85 bits per heavy atom. The topological polar surface area (TPSA) is 37.4 Å². The van der Waals surface area contributed by atoms with Crippen molar-refractivity contribution in [2.45, 2.75) is 38.2 Å². The number of hydrogen-bond donors (Lipinski definition) is 0. The molecule has 0 amide bonds. The Labute approximate surface area is 129 Å². The van der Waals surface area contributed by atoms with Gasteiger partial charge in [0.15, 0.2) is 0 Å². The molecule has 0 unspecified atom stereocenters. The molecule has 0 spiro atoms. The monoisotopic (exact) mass is 419 g/mol. The van der Waals surface area contributed by atoms with E-state index in [4.69, 9.17) is 0 Å². The zero-order valence-electron chi connectivity index (χ0n) is 11.0. The van der Waals surface area contributed by atoms with E-state index in [0.29, 0.717) is 9.87 Å². The van der Waals surface area contributed by atoms with Crippen LogP contribution in [0, 0.1) is 10.5 Å². The molecule has 2 rings (SSSR count). The minimum absolute atomic E-state index is 0.136. The highest BCUT2D eigenvalue weighted by Gasteiger charge is 2.56. The SMILES string of the molecule is Cc1cc(I)c2c(c1)N(S(=O)(=O)C(F)(F)F)C(C)(C)C2. The third-order valence-corrected chi connectivity index (χ3v) is 5.95. The van der Waals surface area contributed by atoms with Crippen molar-refractivity contribution in [2.24, 2.45) is 0 Å². The predicted molar refractivity (Wildman–Crippen MR) is 79.1 cm³/mol. The molecule has 1 aliphatic rings. The van der Waals surface area contributed by atoms with Gasteiger partial charge < -0.3 is 0 Å². The normalized spacial score (nSPS) is 18.2. The number of nitrogens with zero attached hydrogens (tertiary/aromatic N) is 1. The van der Waals surface area contributed by atoms with E-state index < -0.39 is 21.1 Å². The van der Waals surface area contributed by atoms with Gasteiger partial charge >= 0.3 is 15.5 Å². The van der Waals surface area contributed by atoms with Crippen molar-refractivity contribution in [3.05, 3.63) is 26.8 Å². The minimum atomic E-state index is -5.40. The van der Waals surface area contributed by atoms with Crippen LogP contribution in [0.5, 0.6) is 0 Å². The molecule has 1 aliphatic heterocycles. The minimum Gasteiger partial charge on any atom is -0.257 e. The molecule has 20 heavy (non-hydrogen) atoms. The molecule has 0 N–H and O–H groups in total. The molecular formula is C12H13F3INO2S. The summed E-state index contributed by atoms with van der Waals surface area (Å²) in [4.78, 5) is 0. The van der Waals surface area contributed by atoms with E-state index in [1.165, 1.54) is 19.9 Å². The Bertz CT molecular complexity index is 668. The maximum absolute atomic E-state index is 12.9. The van der Waals surface area contributed by atoms with Crippen LogP contribution < -0.4 is 4.31 Å². The molecule has 0 fully saturated rings. The number of halogens is 4. The third kappa shape index (κ3) is 2.30. The van der Waals surface area contributed by atoms with E-state index in [9.17, 15) is 21.6 Å². The van der Waals surface area contributed by atoms with Gasteiger partial charge in [-0.05, 0) is 73.0 Å². The van der Waals surface area contributed by atoms with Crippen LogP contribution in [0.2, 0.25) is 0 Å². The van der Waals surface area contributed by atoms with Crippen LogP contribution in [-0.2, 0) is 16.4 Å². The average Bonchev–Trinajstić information content (AvgIpc) is 2.47. The lowest BCUT2D eigenvalue weighted by Crippen LogP contribution is -2.50. The van der Waals surface area contributed by atoms with Gasteiger partial charge in [0.1, 0.15) is 0 Å². The third-order valence-electron chi connectivity index (χ3n) is 3.23. The summed E-state index contributed by atoms with van der Waals surface area (Å²) in [5.74, 6) is 0. The van der Waals surface area contributed by atoms with Gasteiger partial charge in [0.25, 0.3) is 0 Å². The summed E-state index contributed by atoms with van der Waals surface area (Å²) in [5.41, 5.74) is -4.93. The molecule has 0 saturated heterocycles. The van der Waals surface area contributed by atoms with Crippen LogP contribution in [0.4, 0.5) is 18.9 Å². The van der Waals surface area contributed by atoms with E-state index in [2.05, 4.69) is 0 Å². The first-order chi connectivity index (χ1) is 8.88. The highest BCUT2D eigenvalue weighted by atomic mass is 127. The summed E-state index contributed by atoms with van der Waals surface area (Å²) in [6, 6.07) is 3.33. The summed E-state index contributed by atoms with van der Waals surface area (Å²) in [5, 5.41) is 0. The van der Waals surface area contributed by atoms with Crippen molar-refractivity contribution < 1.29 is 21.6 Å². The van der Waals surface area contributed by atoms with Gasteiger partial charge in [0.2, 0.25) is 0 Å². The summed E-state index contributed by atoms with van der Waals surface area (Å²) in [7, 11) is -5.40. The Morgan fingerprint density at radius 3 is 2.35 bits per heavy atom. The van der Waals surface area contributed by atoms with Crippen LogP contribution in [0.15, 0.2) is 12.1 Å². The second-order valence-electron chi connectivity index (χ2n) is 5.45. The zero-order valence-corrected chi connectivity index (χ0v) is 14.0. The largest absolute Gasteiger partial charge is 0.516 e. The number of benzene rings is 1. The second-order valence-corrected chi connectivity index (χ2v) is 8.39. The fourth-order valence-electron chi connectivity index (χ4n) is 2.50. The van der Waals surface area contributed by atoms with E-state index in [1.54, 1.807) is 6.92 Å². The molecule has 0 atom stereocenters. The average molecular weight is 419 g/mol. The van der Waals surface area contributed by atoms with Gasteiger partial charge in [-0.1, -0.05) is 0 Å². The van der Waals surface area contributed by atoms with Gasteiger partial charge in [0.05, 0.1) is 11.2 Å². The summed E-state index contributed by atoms with van der Waals surface area (Å²) in [6.45, 7) is 4.73. The maximum Gasteiger partial charge on any atom is 0.516 e. The molecule has 0 radical (unpaired) electrons. The van der Waals surface area contributed by atoms with E-state index in [0.717, 1.165) is 9.13 Å². The van der Waals surface area contributed by atoms with Crippen molar-refractivity contribution in [1.29, 1.82) is 0 Å². The van der Waals surface area contributed by atoms with Gasteiger partial charge in [-0.2, -0.15) is 21.6 Å². The molecule has 1 aromatic carbocycles. The van der Waals surface area contributed by atoms with E-state index >= 15 is 0 Å². The molecule has 1 heterocycles. The molecule has 0 bridgehead atoms. The Balaban J connectivity index is 2.73. The number of hydrogen-bond acceptors (Lipinski definition) is 2. The number of aryl methyl sites for hydroxylation is 1. The van der Waals surface area contributed by atoms with Gasteiger partial charge in [-0.3, -0.25) is 4.31 Å². The highest BCUT2D eigenvalue weighted by molar-refractivity contribution is 14.1. The molecule has 0 aromatic heterocycles. The highest BCUT2D eigenvalue weighted by Crippen LogP contribution is 2.46. The molecule has 3 nitrogen and oxygen atoms in total. The Hall–Kier alpha value is -0.510. The molecule has 1 aromatic rings. The smallest absolute Gasteiger partial charge is 0.257 e. The maximum atomic E-state index is 12.9. The zero-order chi connectivity index (χ0) is 15.5. The van der Waals surface area contributed by atoms with E-state index in [-0.39, 0.29) is 12.1 Å². The van der Waals surface area contributed by atoms with E-state index in [1.807, 2.05) is 28.7 Å². The number of sulfonamides is 1. The van der Waals surface area contributed by atoms with Crippen LogP contribution in [0.25, 0.3) is 0 Å². The molecule has 8 heteroatoms. The lowest BCUT2D eigenvalue weighted by Gasteiger charge is -2.33. The first-order valence-corrected chi connectivity index (χ1v) is 8.30. The number of fused-ring (bicyclic) bond motifs is 1. The van der Waals surface area contributed by atoms with Gasteiger partial charge in [0, 0.05) is 3.57 Å². The van der Waals surface area contributed by atoms with Crippen molar-refractivity contribution in [3.8, 4) is 0 Å². The van der Waals surface area contributed by atoms with Crippen molar-refractivity contribution >= 4 is 38.3 Å². The second kappa shape index (κ2) is 4.49. The molecule has 112 valence electrons. The fraction of sp³-hybridized carbons (Fsp3) is 0.500. The van der Waals surface area contributed by atoms with Crippen molar-refractivity contribution in [2.75, 3.05) is 4.31 Å². The summed E-state index contributed by atoms with van der Waals surface area (Å²) >= 11 is 2.02. The lowest BCUT2D eigenvalue weighted by atomic mass is 10.00. The van der Waals surface area contributed by atoms with Crippen molar-refractivity contribution in [3.63, 3.8) is 0 Å². The molecule has 0 aliphatic carbocycles. The summed E-state index contributed by atoms with van der Waals surface area (Å²) in [6.07, 6.45) is 0.260. The number of anilines is 1. The van der Waals surface area contributed by atoms with Crippen LogP contribution >= 0.6 is 22.6 Å². The fourth-order valence-corrected chi connectivity index (χ4v) is 4.80. The van der Waals surface area contributed by atoms with Gasteiger partial charge in [-0.15, -0.1) is 0 Å². The molecular weight excluding hydrogens is 406 g/mol. The number of alkyl halides is 3. The summed E-state index contributed by atoms with van der Waals surface area (Å²) < 4.78 is 63.7. The standard InChI is InChI=1S/C12H13F3INO2S/c1-7-4-9(16)8-6-11(2,3)17(10(8)5-7)20(18,19)12(13,14)15/h4-5H,6H2,1-3H3. The Kier molecular flexibility index (Phi) is 3.56. The van der Waals surface area contributed by atoms with Crippen LogP contribution in [0.1, 0.15) is 25.0 Å². The van der Waals surface area contributed by atoms with Crippen LogP contribution in [-0.4, -0.2) is 19.5 Å². The van der Waals surface area contributed by atoms with Crippen molar-refractivity contribution in [1.82, 2.24) is 0 Å². The van der Waals surface area contributed by atoms with Gasteiger partial charge in [-0.25, -0.2) is 0 Å². The van der Waals surface area contributed by atoms with Crippen LogP contribution in [0.3, 0.4) is 0 Å².